The summed E-state index contributed by atoms with van der Waals surface area (Å²) in [6, 6.07) is 0. The highest BCUT2D eigenvalue weighted by molar-refractivity contribution is 6.51. The molecule has 0 radical (unpaired) electrons. The van der Waals surface area contributed by atoms with Crippen LogP contribution in [0.5, 0.6) is 0 Å². The molecule has 2 unspecified atom stereocenters. The van der Waals surface area contributed by atoms with E-state index in [0.29, 0.717) is 12.8 Å². The van der Waals surface area contributed by atoms with Crippen LogP contribution in [0.4, 0.5) is 0 Å². The Bertz CT molecular complexity index is 458. The third-order valence-electron chi connectivity index (χ3n) is 5.66. The molecule has 5 atom stereocenters. The molecule has 138 valence electrons. The van der Waals surface area contributed by atoms with E-state index in [9.17, 15) is 10.2 Å². The third kappa shape index (κ3) is 4.41. The van der Waals surface area contributed by atoms with Crippen molar-refractivity contribution in [2.45, 2.75) is 96.4 Å². The standard InChI is InChI=1S/C18H33BO5/c1-8-13(20)12(2)15-14(22-15)11-18(7,21)9-10-19-23-16(3,4)17(5,6)24-19/h9-10,12-15,20-21H,8,11H2,1-7H3/b10-9+/t12-,13+,14?,15?,18+/m1/s1. The van der Waals surface area contributed by atoms with Crippen LogP contribution < -0.4 is 0 Å². The van der Waals surface area contributed by atoms with Crippen molar-refractivity contribution in [1.29, 1.82) is 0 Å². The van der Waals surface area contributed by atoms with Crippen LogP contribution in [-0.4, -0.2) is 52.4 Å². The number of rotatable bonds is 7. The lowest BCUT2D eigenvalue weighted by Crippen LogP contribution is -2.41. The zero-order chi connectivity index (χ0) is 18.3. The number of aliphatic hydroxyl groups is 2. The minimum absolute atomic E-state index is 0.0147. The molecule has 0 spiro atoms. The number of hydrogen-bond acceptors (Lipinski definition) is 5. The fourth-order valence-electron chi connectivity index (χ4n) is 3.10. The summed E-state index contributed by atoms with van der Waals surface area (Å²) in [5, 5.41) is 20.5. The van der Waals surface area contributed by atoms with Gasteiger partial charge < -0.3 is 24.3 Å². The number of epoxide rings is 1. The average molecular weight is 340 g/mol. The molecular formula is C18H33BO5. The summed E-state index contributed by atoms with van der Waals surface area (Å²) in [7, 11) is -0.460. The summed E-state index contributed by atoms with van der Waals surface area (Å²) < 4.78 is 17.5. The van der Waals surface area contributed by atoms with Crippen molar-refractivity contribution < 1.29 is 24.3 Å². The van der Waals surface area contributed by atoms with Gasteiger partial charge in [0.2, 0.25) is 0 Å². The third-order valence-corrected chi connectivity index (χ3v) is 5.66. The van der Waals surface area contributed by atoms with E-state index in [4.69, 9.17) is 14.0 Å². The number of aliphatic hydroxyl groups excluding tert-OH is 1. The van der Waals surface area contributed by atoms with Crippen molar-refractivity contribution >= 4 is 7.12 Å². The minimum Gasteiger partial charge on any atom is -0.400 e. The molecule has 2 saturated heterocycles. The predicted octanol–water partition coefficient (Wildman–Crippen LogP) is 2.49. The molecule has 0 bridgehead atoms. The van der Waals surface area contributed by atoms with Crippen LogP contribution in [-0.2, 0) is 14.0 Å². The Morgan fingerprint density at radius 1 is 1.21 bits per heavy atom. The minimum atomic E-state index is -1.00. The van der Waals surface area contributed by atoms with Gasteiger partial charge in [0.1, 0.15) is 0 Å². The molecule has 2 heterocycles. The summed E-state index contributed by atoms with van der Waals surface area (Å²) >= 11 is 0. The van der Waals surface area contributed by atoms with E-state index < -0.39 is 12.7 Å². The topological polar surface area (TPSA) is 71.5 Å². The maximum atomic E-state index is 10.6. The lowest BCUT2D eigenvalue weighted by atomic mass is 9.85. The highest BCUT2D eigenvalue weighted by atomic mass is 16.7. The smallest absolute Gasteiger partial charge is 0.400 e. The van der Waals surface area contributed by atoms with Gasteiger partial charge in [0.15, 0.2) is 0 Å². The molecule has 5 nitrogen and oxygen atoms in total. The molecule has 24 heavy (non-hydrogen) atoms. The van der Waals surface area contributed by atoms with Gasteiger partial charge in [-0.15, -0.1) is 0 Å². The zero-order valence-corrected chi connectivity index (χ0v) is 16.1. The van der Waals surface area contributed by atoms with Gasteiger partial charge in [-0.2, -0.15) is 0 Å². The summed E-state index contributed by atoms with van der Waals surface area (Å²) in [6.07, 6.45) is 2.59. The Morgan fingerprint density at radius 3 is 2.25 bits per heavy atom. The Hall–Kier alpha value is -0.395. The molecule has 0 aromatic heterocycles. The predicted molar refractivity (Wildman–Crippen MR) is 94.6 cm³/mol. The van der Waals surface area contributed by atoms with Gasteiger partial charge in [-0.25, -0.2) is 0 Å². The molecule has 0 amide bonds. The monoisotopic (exact) mass is 340 g/mol. The summed E-state index contributed by atoms with van der Waals surface area (Å²) in [6.45, 7) is 13.7. The molecule has 2 fully saturated rings. The van der Waals surface area contributed by atoms with E-state index >= 15 is 0 Å². The van der Waals surface area contributed by atoms with E-state index in [1.807, 2.05) is 41.5 Å². The van der Waals surface area contributed by atoms with Gasteiger partial charge in [-0.3, -0.25) is 0 Å². The molecule has 0 saturated carbocycles. The molecule has 2 N–H and O–H groups in total. The summed E-state index contributed by atoms with van der Waals surface area (Å²) in [5.41, 5.74) is -1.77. The van der Waals surface area contributed by atoms with E-state index in [1.54, 1.807) is 19.0 Å². The van der Waals surface area contributed by atoms with Crippen molar-refractivity contribution in [1.82, 2.24) is 0 Å². The molecular weight excluding hydrogens is 307 g/mol. The van der Waals surface area contributed by atoms with Gasteiger partial charge in [0.05, 0.1) is 35.1 Å². The van der Waals surface area contributed by atoms with Gasteiger partial charge >= 0.3 is 7.12 Å². The van der Waals surface area contributed by atoms with Gasteiger partial charge in [-0.1, -0.05) is 25.9 Å². The average Bonchev–Trinajstić information content (AvgIpc) is 3.15. The second-order valence-electron chi connectivity index (χ2n) is 8.52. The van der Waals surface area contributed by atoms with Crippen LogP contribution in [0.15, 0.2) is 12.1 Å². The Labute approximate surface area is 146 Å². The first-order valence-electron chi connectivity index (χ1n) is 8.99. The fourth-order valence-corrected chi connectivity index (χ4v) is 3.10. The van der Waals surface area contributed by atoms with E-state index in [2.05, 4.69) is 0 Å². The van der Waals surface area contributed by atoms with Gasteiger partial charge in [-0.05, 0) is 41.0 Å². The lowest BCUT2D eigenvalue weighted by Gasteiger charge is -2.32. The van der Waals surface area contributed by atoms with Crippen LogP contribution in [0.25, 0.3) is 0 Å². The molecule has 2 aliphatic rings. The van der Waals surface area contributed by atoms with Crippen molar-refractivity contribution in [3.8, 4) is 0 Å². The Kier molecular flexibility index (Phi) is 5.58. The quantitative estimate of drug-likeness (QED) is 0.550. The van der Waals surface area contributed by atoms with Crippen LogP contribution in [0.2, 0.25) is 0 Å². The van der Waals surface area contributed by atoms with Crippen LogP contribution >= 0.6 is 0 Å². The van der Waals surface area contributed by atoms with Gasteiger partial charge in [0.25, 0.3) is 0 Å². The first-order chi connectivity index (χ1) is 10.9. The second-order valence-corrected chi connectivity index (χ2v) is 8.52. The van der Waals surface area contributed by atoms with Crippen molar-refractivity contribution in [2.24, 2.45) is 5.92 Å². The van der Waals surface area contributed by atoms with Crippen LogP contribution in [0, 0.1) is 5.92 Å². The van der Waals surface area contributed by atoms with E-state index in [0.717, 1.165) is 0 Å². The van der Waals surface area contributed by atoms with E-state index in [1.165, 1.54) is 0 Å². The number of ether oxygens (including phenoxy) is 1. The van der Waals surface area contributed by atoms with Crippen molar-refractivity contribution in [3.63, 3.8) is 0 Å². The number of hydrogen-bond donors (Lipinski definition) is 2. The maximum Gasteiger partial charge on any atom is 0.486 e. The first-order valence-corrected chi connectivity index (χ1v) is 8.99. The Balaban J connectivity index is 1.87. The molecule has 2 aliphatic heterocycles. The summed E-state index contributed by atoms with van der Waals surface area (Å²) in [4.78, 5) is 0. The molecule has 6 heteroatoms. The van der Waals surface area contributed by atoms with Crippen LogP contribution in [0.3, 0.4) is 0 Å². The fraction of sp³-hybridized carbons (Fsp3) is 0.889. The Morgan fingerprint density at radius 2 is 1.75 bits per heavy atom. The highest BCUT2D eigenvalue weighted by Gasteiger charge is 2.51. The zero-order valence-electron chi connectivity index (χ0n) is 16.1. The molecule has 0 aromatic carbocycles. The SMILES string of the molecule is CC[C@H](O)[C@@H](C)C1OC1C[C@@](C)(O)/C=C/B1OC(C)(C)C(C)(C)O1. The molecule has 0 aliphatic carbocycles. The second kappa shape index (κ2) is 6.73. The van der Waals surface area contributed by atoms with Crippen molar-refractivity contribution in [3.05, 3.63) is 12.1 Å². The molecule has 0 aromatic rings. The van der Waals surface area contributed by atoms with Crippen LogP contribution in [0.1, 0.15) is 61.3 Å². The summed E-state index contributed by atoms with van der Waals surface area (Å²) in [5.74, 6) is 1.86. The van der Waals surface area contributed by atoms with Gasteiger partial charge in [0, 0.05) is 12.3 Å². The maximum absolute atomic E-state index is 10.6. The molecule has 2 rings (SSSR count). The van der Waals surface area contributed by atoms with E-state index in [-0.39, 0.29) is 35.4 Å². The normalized spacial score (nSPS) is 33.5. The first kappa shape index (κ1) is 19.9. The van der Waals surface area contributed by atoms with Crippen molar-refractivity contribution in [2.75, 3.05) is 0 Å². The largest absolute Gasteiger partial charge is 0.486 e. The lowest BCUT2D eigenvalue weighted by molar-refractivity contribution is 0.00578. The highest BCUT2D eigenvalue weighted by Crippen LogP contribution is 2.39.